The molecule has 12 heavy (non-hydrogen) atoms. The molecule has 1 unspecified atom stereocenters. The molecular weight excluding hydrogens is 152 g/mol. The number of aliphatic hydroxyl groups excluding tert-OH is 1. The first-order valence-corrected chi connectivity index (χ1v) is 4.50. The lowest BCUT2D eigenvalue weighted by Crippen LogP contribution is -2.48. The fourth-order valence-corrected chi connectivity index (χ4v) is 1.62. The molecule has 1 atom stereocenters. The molecule has 0 saturated heterocycles. The Labute approximate surface area is 74.0 Å². The fraction of sp³-hybridized carbons (Fsp3) is 0.900. The largest absolute Gasteiger partial charge is 0.385 e. The Hall–Kier alpha value is -0.370. The van der Waals surface area contributed by atoms with Crippen LogP contribution in [0, 0.1) is 10.8 Å². The van der Waals surface area contributed by atoms with Crippen LogP contribution in [0.5, 0.6) is 0 Å². The number of hydrogen-bond donors (Lipinski definition) is 1. The third kappa shape index (κ3) is 1.40. The number of hydrogen-bond acceptors (Lipinski definition) is 2. The van der Waals surface area contributed by atoms with Gasteiger partial charge in [-0.15, -0.1) is 0 Å². The topological polar surface area (TPSA) is 37.3 Å². The van der Waals surface area contributed by atoms with E-state index in [2.05, 4.69) is 0 Å². The molecule has 0 aromatic heterocycles. The molecule has 0 bridgehead atoms. The molecule has 0 aromatic rings. The summed E-state index contributed by atoms with van der Waals surface area (Å²) < 4.78 is 0. The summed E-state index contributed by atoms with van der Waals surface area (Å²) in [5, 5.41) is 9.69. The lowest BCUT2D eigenvalue weighted by atomic mass is 9.64. The molecule has 2 heteroatoms. The highest BCUT2D eigenvalue weighted by atomic mass is 16.3. The summed E-state index contributed by atoms with van der Waals surface area (Å²) in [6.45, 7) is 7.72. The average molecular weight is 170 g/mol. The van der Waals surface area contributed by atoms with E-state index in [1.807, 2.05) is 27.7 Å². The highest BCUT2D eigenvalue weighted by Gasteiger charge is 2.45. The summed E-state index contributed by atoms with van der Waals surface area (Å²) in [5.41, 5.74) is -0.554. The summed E-state index contributed by atoms with van der Waals surface area (Å²) in [5.74, 6) is -0.00116. The van der Waals surface area contributed by atoms with Crippen LogP contribution in [0.2, 0.25) is 0 Å². The normalized spacial score (nSPS) is 33.4. The lowest BCUT2D eigenvalue weighted by molar-refractivity contribution is -0.148. The van der Waals surface area contributed by atoms with Crippen LogP contribution >= 0.6 is 0 Å². The first-order valence-electron chi connectivity index (χ1n) is 4.50. The van der Waals surface area contributed by atoms with E-state index < -0.39 is 6.10 Å². The SMILES string of the molecule is CC1(C)CCC(C)(C)C(O)C1=O. The molecule has 1 aliphatic carbocycles. The Morgan fingerprint density at radius 3 is 2.17 bits per heavy atom. The molecule has 0 aliphatic heterocycles. The highest BCUT2D eigenvalue weighted by molar-refractivity contribution is 5.89. The van der Waals surface area contributed by atoms with Crippen LogP contribution < -0.4 is 0 Å². The van der Waals surface area contributed by atoms with Crippen molar-refractivity contribution in [2.45, 2.75) is 46.6 Å². The number of Topliss-reactive ketones (excluding diaryl/α,β-unsaturated/α-hetero) is 1. The van der Waals surface area contributed by atoms with Gasteiger partial charge in [0.25, 0.3) is 0 Å². The Kier molecular flexibility index (Phi) is 2.07. The van der Waals surface area contributed by atoms with E-state index in [1.54, 1.807) is 0 Å². The minimum atomic E-state index is -0.777. The Bertz CT molecular complexity index is 204. The number of rotatable bonds is 0. The predicted octanol–water partition coefficient (Wildman–Crippen LogP) is 1.76. The zero-order valence-electron chi connectivity index (χ0n) is 8.35. The second kappa shape index (κ2) is 2.56. The molecular formula is C10H18O2. The van der Waals surface area contributed by atoms with E-state index in [1.165, 1.54) is 0 Å². The summed E-state index contributed by atoms with van der Waals surface area (Å²) in [7, 11) is 0. The van der Waals surface area contributed by atoms with E-state index in [9.17, 15) is 9.90 Å². The number of carbonyl (C=O) groups excluding carboxylic acids is 1. The van der Waals surface area contributed by atoms with E-state index in [0.717, 1.165) is 12.8 Å². The molecule has 0 radical (unpaired) electrons. The fourth-order valence-electron chi connectivity index (χ4n) is 1.62. The molecule has 0 heterocycles. The minimum absolute atomic E-state index is 0.00116. The summed E-state index contributed by atoms with van der Waals surface area (Å²) >= 11 is 0. The van der Waals surface area contributed by atoms with Crippen molar-refractivity contribution in [1.29, 1.82) is 0 Å². The van der Waals surface area contributed by atoms with Gasteiger partial charge in [-0.3, -0.25) is 4.79 Å². The van der Waals surface area contributed by atoms with Crippen LogP contribution in [-0.4, -0.2) is 17.0 Å². The highest BCUT2D eigenvalue weighted by Crippen LogP contribution is 2.42. The molecule has 1 rings (SSSR count). The third-order valence-corrected chi connectivity index (χ3v) is 3.05. The molecule has 70 valence electrons. The van der Waals surface area contributed by atoms with Crippen LogP contribution in [0.3, 0.4) is 0 Å². The molecule has 1 saturated carbocycles. The van der Waals surface area contributed by atoms with Crippen molar-refractivity contribution in [3.05, 3.63) is 0 Å². The van der Waals surface area contributed by atoms with E-state index in [-0.39, 0.29) is 16.6 Å². The molecule has 1 aliphatic rings. The second-order valence-corrected chi connectivity index (χ2v) is 5.14. The Morgan fingerprint density at radius 2 is 1.75 bits per heavy atom. The van der Waals surface area contributed by atoms with Gasteiger partial charge in [-0.25, -0.2) is 0 Å². The van der Waals surface area contributed by atoms with Crippen molar-refractivity contribution in [3.63, 3.8) is 0 Å². The smallest absolute Gasteiger partial charge is 0.167 e. The first kappa shape index (κ1) is 9.72. The van der Waals surface area contributed by atoms with Crippen LogP contribution in [0.25, 0.3) is 0 Å². The van der Waals surface area contributed by atoms with Crippen LogP contribution in [0.1, 0.15) is 40.5 Å². The Morgan fingerprint density at radius 1 is 1.25 bits per heavy atom. The number of carbonyl (C=O) groups is 1. The molecule has 1 N–H and O–H groups in total. The van der Waals surface area contributed by atoms with Gasteiger partial charge in [-0.1, -0.05) is 27.7 Å². The minimum Gasteiger partial charge on any atom is -0.385 e. The second-order valence-electron chi connectivity index (χ2n) is 5.14. The molecule has 0 spiro atoms. The maximum atomic E-state index is 11.6. The summed E-state index contributed by atoms with van der Waals surface area (Å²) in [6, 6.07) is 0. The maximum absolute atomic E-state index is 11.6. The van der Waals surface area contributed by atoms with E-state index >= 15 is 0 Å². The van der Waals surface area contributed by atoms with Crippen molar-refractivity contribution in [1.82, 2.24) is 0 Å². The van der Waals surface area contributed by atoms with Gasteiger partial charge in [-0.05, 0) is 18.3 Å². The van der Waals surface area contributed by atoms with Gasteiger partial charge in [-0.2, -0.15) is 0 Å². The zero-order valence-corrected chi connectivity index (χ0v) is 8.35. The van der Waals surface area contributed by atoms with Crippen molar-refractivity contribution in [2.24, 2.45) is 10.8 Å². The van der Waals surface area contributed by atoms with Gasteiger partial charge in [0, 0.05) is 5.41 Å². The molecule has 0 amide bonds. The maximum Gasteiger partial charge on any atom is 0.167 e. The molecule has 1 fully saturated rings. The van der Waals surface area contributed by atoms with Gasteiger partial charge in [0.2, 0.25) is 0 Å². The van der Waals surface area contributed by atoms with Crippen LogP contribution in [0.15, 0.2) is 0 Å². The standard InChI is InChI=1S/C10H18O2/c1-9(2)5-6-10(3,4)8(12)7(9)11/h7,11H,5-6H2,1-4H3. The van der Waals surface area contributed by atoms with Gasteiger partial charge < -0.3 is 5.11 Å². The summed E-state index contributed by atoms with van der Waals surface area (Å²) in [6.07, 6.45) is 1.03. The van der Waals surface area contributed by atoms with Crippen LogP contribution in [-0.2, 0) is 4.79 Å². The van der Waals surface area contributed by atoms with Crippen molar-refractivity contribution in [3.8, 4) is 0 Å². The quantitative estimate of drug-likeness (QED) is 0.601. The average Bonchev–Trinajstić information content (AvgIpc) is 1.96. The van der Waals surface area contributed by atoms with Gasteiger partial charge in [0.1, 0.15) is 6.10 Å². The number of ketones is 1. The third-order valence-electron chi connectivity index (χ3n) is 3.05. The zero-order chi connectivity index (χ0) is 9.57. The van der Waals surface area contributed by atoms with Gasteiger partial charge in [0.05, 0.1) is 0 Å². The Balaban J connectivity index is 2.88. The van der Waals surface area contributed by atoms with Crippen molar-refractivity contribution < 1.29 is 9.90 Å². The lowest BCUT2D eigenvalue weighted by Gasteiger charge is -2.41. The van der Waals surface area contributed by atoms with Crippen LogP contribution in [0.4, 0.5) is 0 Å². The van der Waals surface area contributed by atoms with Gasteiger partial charge >= 0.3 is 0 Å². The van der Waals surface area contributed by atoms with E-state index in [4.69, 9.17) is 0 Å². The molecule has 2 nitrogen and oxygen atoms in total. The monoisotopic (exact) mass is 170 g/mol. The van der Waals surface area contributed by atoms with Gasteiger partial charge in [0.15, 0.2) is 5.78 Å². The van der Waals surface area contributed by atoms with Crippen molar-refractivity contribution in [2.75, 3.05) is 0 Å². The number of aliphatic hydroxyl groups is 1. The van der Waals surface area contributed by atoms with Crippen molar-refractivity contribution >= 4 is 5.78 Å². The predicted molar refractivity (Wildman–Crippen MR) is 47.8 cm³/mol. The first-order chi connectivity index (χ1) is 5.27. The summed E-state index contributed by atoms with van der Waals surface area (Å²) in [4.78, 5) is 11.6. The van der Waals surface area contributed by atoms with E-state index in [0.29, 0.717) is 0 Å². The molecule has 0 aromatic carbocycles.